The van der Waals surface area contributed by atoms with Gasteiger partial charge in [0.1, 0.15) is 5.82 Å². The van der Waals surface area contributed by atoms with Gasteiger partial charge >= 0.3 is 5.97 Å². The summed E-state index contributed by atoms with van der Waals surface area (Å²) in [6.07, 6.45) is 4.14. The maximum Gasteiger partial charge on any atom is 0.340 e. The molecule has 1 aliphatic rings. The SMILES string of the molecule is CCCC1CC(Nc2ccc(F)cc2C(=O)OC)CCO1. The summed E-state index contributed by atoms with van der Waals surface area (Å²) in [5.41, 5.74) is 0.849. The average Bonchev–Trinajstić information content (AvgIpc) is 2.49. The van der Waals surface area contributed by atoms with Crippen molar-refractivity contribution in [3.8, 4) is 0 Å². The van der Waals surface area contributed by atoms with Gasteiger partial charge in [-0.2, -0.15) is 0 Å². The van der Waals surface area contributed by atoms with E-state index in [-0.39, 0.29) is 17.7 Å². The van der Waals surface area contributed by atoms with Gasteiger partial charge in [-0.25, -0.2) is 9.18 Å². The fourth-order valence-corrected chi connectivity index (χ4v) is 2.68. The number of nitrogens with one attached hydrogen (secondary N) is 1. The normalized spacial score (nSPS) is 21.9. The highest BCUT2D eigenvalue weighted by Crippen LogP contribution is 2.24. The molecule has 2 unspecified atom stereocenters. The second-order valence-corrected chi connectivity index (χ2v) is 5.33. The summed E-state index contributed by atoms with van der Waals surface area (Å²) >= 11 is 0. The zero-order valence-electron chi connectivity index (χ0n) is 12.5. The predicted molar refractivity (Wildman–Crippen MR) is 79.0 cm³/mol. The molecule has 2 rings (SSSR count). The van der Waals surface area contributed by atoms with Crippen LogP contribution in [0.3, 0.4) is 0 Å². The van der Waals surface area contributed by atoms with Crippen molar-refractivity contribution in [1.82, 2.24) is 0 Å². The Bertz CT molecular complexity index is 490. The highest BCUT2D eigenvalue weighted by atomic mass is 19.1. The molecule has 0 spiro atoms. The minimum Gasteiger partial charge on any atom is -0.465 e. The van der Waals surface area contributed by atoms with Crippen LogP contribution in [0.2, 0.25) is 0 Å². The molecular weight excluding hydrogens is 273 g/mol. The summed E-state index contributed by atoms with van der Waals surface area (Å²) in [6, 6.07) is 4.37. The molecule has 1 fully saturated rings. The molecule has 116 valence electrons. The van der Waals surface area contributed by atoms with Crippen molar-refractivity contribution < 1.29 is 18.7 Å². The second kappa shape index (κ2) is 7.41. The molecule has 5 heteroatoms. The first kappa shape index (κ1) is 15.8. The van der Waals surface area contributed by atoms with E-state index in [1.165, 1.54) is 19.2 Å². The Morgan fingerprint density at radius 1 is 1.52 bits per heavy atom. The molecule has 0 saturated carbocycles. The van der Waals surface area contributed by atoms with Crippen LogP contribution in [0.1, 0.15) is 43.0 Å². The number of halogens is 1. The standard InChI is InChI=1S/C16H22FNO3/c1-3-4-13-10-12(7-8-21-13)18-15-6-5-11(17)9-14(15)16(19)20-2/h5-6,9,12-13,18H,3-4,7-8,10H2,1-2H3. The van der Waals surface area contributed by atoms with E-state index in [1.54, 1.807) is 6.07 Å². The number of ether oxygens (including phenoxy) is 2. The van der Waals surface area contributed by atoms with E-state index in [1.807, 2.05) is 0 Å². The van der Waals surface area contributed by atoms with Crippen molar-refractivity contribution in [3.05, 3.63) is 29.6 Å². The topological polar surface area (TPSA) is 47.6 Å². The fraction of sp³-hybridized carbons (Fsp3) is 0.562. The van der Waals surface area contributed by atoms with Crippen molar-refractivity contribution in [2.75, 3.05) is 19.0 Å². The van der Waals surface area contributed by atoms with Crippen molar-refractivity contribution in [1.29, 1.82) is 0 Å². The molecule has 21 heavy (non-hydrogen) atoms. The minimum atomic E-state index is -0.533. The lowest BCUT2D eigenvalue weighted by Crippen LogP contribution is -2.34. The summed E-state index contributed by atoms with van der Waals surface area (Å²) in [6.45, 7) is 2.84. The molecule has 1 aliphatic heterocycles. The number of hydrogen-bond acceptors (Lipinski definition) is 4. The zero-order chi connectivity index (χ0) is 15.2. The van der Waals surface area contributed by atoms with Crippen LogP contribution >= 0.6 is 0 Å². The largest absolute Gasteiger partial charge is 0.465 e. The number of hydrogen-bond donors (Lipinski definition) is 1. The maximum absolute atomic E-state index is 13.3. The third kappa shape index (κ3) is 4.17. The number of rotatable bonds is 5. The number of carbonyl (C=O) groups is 1. The molecule has 0 aliphatic carbocycles. The molecule has 1 saturated heterocycles. The zero-order valence-corrected chi connectivity index (χ0v) is 12.5. The Balaban J connectivity index is 2.10. The van der Waals surface area contributed by atoms with Crippen LogP contribution in [0.5, 0.6) is 0 Å². The molecule has 2 atom stereocenters. The van der Waals surface area contributed by atoms with E-state index in [2.05, 4.69) is 12.2 Å². The Morgan fingerprint density at radius 2 is 2.33 bits per heavy atom. The van der Waals surface area contributed by atoms with Crippen LogP contribution in [0.25, 0.3) is 0 Å². The first-order valence-corrected chi connectivity index (χ1v) is 7.40. The van der Waals surface area contributed by atoms with Gasteiger partial charge in [0.05, 0.1) is 18.8 Å². The Hall–Kier alpha value is -1.62. The van der Waals surface area contributed by atoms with Crippen molar-refractivity contribution in [2.24, 2.45) is 0 Å². The van der Waals surface area contributed by atoms with E-state index in [0.29, 0.717) is 12.3 Å². The molecular formula is C16H22FNO3. The monoisotopic (exact) mass is 295 g/mol. The van der Waals surface area contributed by atoms with Crippen LogP contribution in [0.15, 0.2) is 18.2 Å². The maximum atomic E-state index is 13.3. The highest BCUT2D eigenvalue weighted by molar-refractivity contribution is 5.95. The van der Waals surface area contributed by atoms with Crippen LogP contribution in [0, 0.1) is 5.82 Å². The van der Waals surface area contributed by atoms with E-state index in [9.17, 15) is 9.18 Å². The van der Waals surface area contributed by atoms with E-state index >= 15 is 0 Å². The number of carbonyl (C=O) groups excluding carboxylic acids is 1. The lowest BCUT2D eigenvalue weighted by atomic mass is 9.99. The van der Waals surface area contributed by atoms with Gasteiger partial charge in [-0.05, 0) is 37.5 Å². The summed E-state index contributed by atoms with van der Waals surface area (Å²) in [7, 11) is 1.29. The van der Waals surface area contributed by atoms with Gasteiger partial charge in [0.2, 0.25) is 0 Å². The number of esters is 1. The molecule has 0 amide bonds. The highest BCUT2D eigenvalue weighted by Gasteiger charge is 2.23. The van der Waals surface area contributed by atoms with Crippen LogP contribution < -0.4 is 5.32 Å². The molecule has 4 nitrogen and oxygen atoms in total. The summed E-state index contributed by atoms with van der Waals surface area (Å²) in [5.74, 6) is -0.981. The number of benzene rings is 1. The van der Waals surface area contributed by atoms with E-state index in [4.69, 9.17) is 9.47 Å². The van der Waals surface area contributed by atoms with Gasteiger partial charge in [0, 0.05) is 18.3 Å². The van der Waals surface area contributed by atoms with Gasteiger partial charge < -0.3 is 14.8 Å². The summed E-state index contributed by atoms with van der Waals surface area (Å²) in [5, 5.41) is 3.33. The van der Waals surface area contributed by atoms with Gasteiger partial charge in [0.15, 0.2) is 0 Å². The van der Waals surface area contributed by atoms with Crippen LogP contribution in [0.4, 0.5) is 10.1 Å². The number of methoxy groups -OCH3 is 1. The summed E-state index contributed by atoms with van der Waals surface area (Å²) < 4.78 is 23.8. The van der Waals surface area contributed by atoms with Crippen LogP contribution in [-0.2, 0) is 9.47 Å². The lowest BCUT2D eigenvalue weighted by molar-refractivity contribution is 0.00597. The lowest BCUT2D eigenvalue weighted by Gasteiger charge is -2.31. The smallest absolute Gasteiger partial charge is 0.340 e. The second-order valence-electron chi connectivity index (χ2n) is 5.33. The molecule has 1 N–H and O–H groups in total. The first-order valence-electron chi connectivity index (χ1n) is 7.40. The molecule has 0 aromatic heterocycles. The molecule has 0 bridgehead atoms. The Morgan fingerprint density at radius 3 is 3.05 bits per heavy atom. The molecule has 0 radical (unpaired) electrons. The molecule has 1 aromatic rings. The average molecular weight is 295 g/mol. The molecule has 1 aromatic carbocycles. The van der Waals surface area contributed by atoms with Gasteiger partial charge in [-0.1, -0.05) is 13.3 Å². The van der Waals surface area contributed by atoms with E-state index in [0.717, 1.165) is 25.7 Å². The predicted octanol–water partition coefficient (Wildman–Crippen LogP) is 3.37. The van der Waals surface area contributed by atoms with E-state index < -0.39 is 11.8 Å². The van der Waals surface area contributed by atoms with Gasteiger partial charge in [-0.3, -0.25) is 0 Å². The quantitative estimate of drug-likeness (QED) is 0.846. The van der Waals surface area contributed by atoms with Crippen LogP contribution in [-0.4, -0.2) is 31.8 Å². The van der Waals surface area contributed by atoms with Crippen molar-refractivity contribution in [3.63, 3.8) is 0 Å². The molecule has 1 heterocycles. The van der Waals surface area contributed by atoms with Gasteiger partial charge in [-0.15, -0.1) is 0 Å². The minimum absolute atomic E-state index is 0.226. The third-order valence-corrected chi connectivity index (χ3v) is 3.72. The third-order valence-electron chi connectivity index (χ3n) is 3.72. The van der Waals surface area contributed by atoms with Gasteiger partial charge in [0.25, 0.3) is 0 Å². The van der Waals surface area contributed by atoms with Crippen molar-refractivity contribution in [2.45, 2.75) is 44.8 Å². The fourth-order valence-electron chi connectivity index (χ4n) is 2.68. The van der Waals surface area contributed by atoms with Crippen molar-refractivity contribution >= 4 is 11.7 Å². The Kier molecular flexibility index (Phi) is 5.56. The summed E-state index contributed by atoms with van der Waals surface area (Å²) in [4.78, 5) is 11.7. The number of anilines is 1. The first-order chi connectivity index (χ1) is 10.1. The Labute approximate surface area is 124 Å².